The number of hydrogen-bond acceptors (Lipinski definition) is 2. The van der Waals surface area contributed by atoms with Crippen LogP contribution in [0.4, 0.5) is 0 Å². The highest BCUT2D eigenvalue weighted by molar-refractivity contribution is 5.62. The zero-order valence-electron chi connectivity index (χ0n) is 7.33. The third kappa shape index (κ3) is 1.50. The lowest BCUT2D eigenvalue weighted by atomic mass is 10.1. The molecule has 4 nitrogen and oxygen atoms in total. The standard InChI is InChI=1S/C10H8N2O2/c13-12(14)11-7-6-10(8-11)9-4-2-1-3-5-9/h1-8H. The van der Waals surface area contributed by atoms with Crippen molar-refractivity contribution in [3.63, 3.8) is 0 Å². The van der Waals surface area contributed by atoms with E-state index in [1.54, 1.807) is 6.07 Å². The predicted octanol–water partition coefficient (Wildman–Crippen LogP) is 2.19. The van der Waals surface area contributed by atoms with E-state index in [0.717, 1.165) is 15.8 Å². The van der Waals surface area contributed by atoms with E-state index in [4.69, 9.17) is 0 Å². The lowest BCUT2D eigenvalue weighted by Gasteiger charge is -1.94. The Morgan fingerprint density at radius 1 is 1.07 bits per heavy atom. The summed E-state index contributed by atoms with van der Waals surface area (Å²) in [6, 6.07) is 11.3. The van der Waals surface area contributed by atoms with Crippen LogP contribution in [-0.4, -0.2) is 9.71 Å². The van der Waals surface area contributed by atoms with Crippen LogP contribution in [0.25, 0.3) is 11.1 Å². The summed E-state index contributed by atoms with van der Waals surface area (Å²) in [4.78, 5) is 10.4. The van der Waals surface area contributed by atoms with Crippen molar-refractivity contribution in [3.05, 3.63) is 58.9 Å². The molecule has 0 aliphatic rings. The SMILES string of the molecule is O=[N+]([O-])n1ccc(-c2ccccc2)c1. The molecule has 0 amide bonds. The van der Waals surface area contributed by atoms with Gasteiger partial charge in [0.05, 0.1) is 12.4 Å². The van der Waals surface area contributed by atoms with Crippen molar-refractivity contribution in [1.82, 2.24) is 4.68 Å². The van der Waals surface area contributed by atoms with Crippen LogP contribution in [0.1, 0.15) is 0 Å². The first-order valence-corrected chi connectivity index (χ1v) is 4.15. The Morgan fingerprint density at radius 2 is 1.79 bits per heavy atom. The first-order valence-electron chi connectivity index (χ1n) is 4.15. The molecule has 0 bridgehead atoms. The third-order valence-electron chi connectivity index (χ3n) is 1.97. The van der Waals surface area contributed by atoms with Crippen molar-refractivity contribution < 1.29 is 5.03 Å². The number of rotatable bonds is 2. The van der Waals surface area contributed by atoms with E-state index in [1.807, 2.05) is 30.3 Å². The molecule has 0 aliphatic carbocycles. The molecule has 14 heavy (non-hydrogen) atoms. The van der Waals surface area contributed by atoms with Gasteiger partial charge in [0.25, 0.3) is 0 Å². The summed E-state index contributed by atoms with van der Waals surface area (Å²) in [5.41, 5.74) is 1.83. The molecule has 70 valence electrons. The smallest absolute Gasteiger partial charge is 0.169 e. The van der Waals surface area contributed by atoms with Gasteiger partial charge < -0.3 is 0 Å². The van der Waals surface area contributed by atoms with Crippen molar-refractivity contribution in [2.24, 2.45) is 0 Å². The fourth-order valence-electron chi connectivity index (χ4n) is 1.29. The highest BCUT2D eigenvalue weighted by Gasteiger charge is 2.04. The van der Waals surface area contributed by atoms with Gasteiger partial charge in [-0.1, -0.05) is 35.0 Å². The monoisotopic (exact) mass is 188 g/mol. The molecule has 2 aromatic rings. The number of aromatic nitrogens is 1. The molecule has 0 unspecified atom stereocenters. The predicted molar refractivity (Wildman–Crippen MR) is 52.3 cm³/mol. The van der Waals surface area contributed by atoms with Gasteiger partial charge in [0.1, 0.15) is 0 Å². The average Bonchev–Trinajstić information content (AvgIpc) is 2.68. The minimum Gasteiger partial charge on any atom is -0.234 e. The molecule has 0 atom stereocenters. The molecular weight excluding hydrogens is 180 g/mol. The Hall–Kier alpha value is -2.10. The summed E-state index contributed by atoms with van der Waals surface area (Å²) in [5.74, 6) is 0. The maximum absolute atomic E-state index is 10.4. The molecular formula is C10H8N2O2. The van der Waals surface area contributed by atoms with Crippen LogP contribution in [0, 0.1) is 10.1 Å². The van der Waals surface area contributed by atoms with E-state index in [9.17, 15) is 10.1 Å². The molecule has 0 radical (unpaired) electrons. The van der Waals surface area contributed by atoms with Gasteiger partial charge in [-0.15, -0.1) is 0 Å². The van der Waals surface area contributed by atoms with Gasteiger partial charge in [-0.25, -0.2) is 10.1 Å². The molecule has 0 N–H and O–H groups in total. The zero-order chi connectivity index (χ0) is 9.97. The Morgan fingerprint density at radius 3 is 2.36 bits per heavy atom. The minimum absolute atomic E-state index is 0.466. The quantitative estimate of drug-likeness (QED) is 0.535. The number of benzene rings is 1. The zero-order valence-corrected chi connectivity index (χ0v) is 7.33. The van der Waals surface area contributed by atoms with Gasteiger partial charge >= 0.3 is 0 Å². The second-order valence-electron chi connectivity index (χ2n) is 2.88. The van der Waals surface area contributed by atoms with E-state index in [-0.39, 0.29) is 0 Å². The Labute approximate surface area is 80.5 Å². The molecule has 0 spiro atoms. The van der Waals surface area contributed by atoms with Crippen LogP contribution < -0.4 is 0 Å². The highest BCUT2D eigenvalue weighted by atomic mass is 16.7. The van der Waals surface area contributed by atoms with Crippen LogP contribution in [0.15, 0.2) is 48.8 Å². The number of nitrogens with zero attached hydrogens (tertiary/aromatic N) is 2. The molecule has 1 heterocycles. The number of nitro groups is 1. The Balaban J connectivity index is 2.39. The first kappa shape index (κ1) is 8.50. The van der Waals surface area contributed by atoms with Crippen molar-refractivity contribution in [3.8, 4) is 11.1 Å². The van der Waals surface area contributed by atoms with E-state index < -0.39 is 5.03 Å². The van der Waals surface area contributed by atoms with E-state index in [1.165, 1.54) is 12.4 Å². The fourth-order valence-corrected chi connectivity index (χ4v) is 1.29. The lowest BCUT2D eigenvalue weighted by Crippen LogP contribution is -2.04. The maximum atomic E-state index is 10.4. The average molecular weight is 188 g/mol. The summed E-state index contributed by atoms with van der Waals surface area (Å²) >= 11 is 0. The van der Waals surface area contributed by atoms with Gasteiger partial charge in [0.2, 0.25) is 0 Å². The van der Waals surface area contributed by atoms with Crippen molar-refractivity contribution in [2.75, 3.05) is 0 Å². The molecule has 0 aliphatic heterocycles. The summed E-state index contributed by atoms with van der Waals surface area (Å²) < 4.78 is 0.947. The summed E-state index contributed by atoms with van der Waals surface area (Å²) in [7, 11) is 0. The van der Waals surface area contributed by atoms with Gasteiger partial charge in [-0.05, 0) is 11.6 Å². The largest absolute Gasteiger partial charge is 0.234 e. The second-order valence-corrected chi connectivity index (χ2v) is 2.88. The van der Waals surface area contributed by atoms with Gasteiger partial charge in [-0.3, -0.25) is 0 Å². The summed E-state index contributed by atoms with van der Waals surface area (Å²) in [6.07, 6.45) is 2.93. The summed E-state index contributed by atoms with van der Waals surface area (Å²) in [5, 5.41) is 9.95. The molecule has 1 aromatic heterocycles. The van der Waals surface area contributed by atoms with E-state index in [0.29, 0.717) is 0 Å². The molecule has 0 fully saturated rings. The second kappa shape index (κ2) is 3.33. The molecule has 1 aromatic carbocycles. The third-order valence-corrected chi connectivity index (χ3v) is 1.97. The first-order chi connectivity index (χ1) is 6.77. The molecule has 0 saturated heterocycles. The summed E-state index contributed by atoms with van der Waals surface area (Å²) in [6.45, 7) is 0. The van der Waals surface area contributed by atoms with E-state index >= 15 is 0 Å². The maximum Gasteiger partial charge on any atom is 0.169 e. The fraction of sp³-hybridized carbons (Fsp3) is 0. The Kier molecular flexibility index (Phi) is 2.02. The lowest BCUT2D eigenvalue weighted by molar-refractivity contribution is -0.541. The van der Waals surface area contributed by atoms with Gasteiger partial charge in [0.15, 0.2) is 5.03 Å². The van der Waals surface area contributed by atoms with Crippen molar-refractivity contribution in [1.29, 1.82) is 0 Å². The minimum atomic E-state index is -0.466. The van der Waals surface area contributed by atoms with Crippen molar-refractivity contribution in [2.45, 2.75) is 0 Å². The topological polar surface area (TPSA) is 48.1 Å². The van der Waals surface area contributed by atoms with Crippen LogP contribution >= 0.6 is 0 Å². The van der Waals surface area contributed by atoms with Crippen LogP contribution in [0.5, 0.6) is 0 Å². The van der Waals surface area contributed by atoms with Crippen molar-refractivity contribution >= 4 is 0 Å². The highest BCUT2D eigenvalue weighted by Crippen LogP contribution is 2.18. The van der Waals surface area contributed by atoms with Gasteiger partial charge in [0, 0.05) is 5.56 Å². The van der Waals surface area contributed by atoms with Gasteiger partial charge in [-0.2, -0.15) is 0 Å². The Bertz CT molecular complexity index is 448. The van der Waals surface area contributed by atoms with Crippen LogP contribution in [-0.2, 0) is 0 Å². The van der Waals surface area contributed by atoms with E-state index in [2.05, 4.69) is 0 Å². The molecule has 2 rings (SSSR count). The van der Waals surface area contributed by atoms with Crippen LogP contribution in [0.3, 0.4) is 0 Å². The normalized spacial score (nSPS) is 10.0. The molecule has 4 heteroatoms. The molecule has 0 saturated carbocycles. The van der Waals surface area contributed by atoms with Crippen LogP contribution in [0.2, 0.25) is 0 Å². The number of hydrogen-bond donors (Lipinski definition) is 0.